The SMILES string of the molecule is CCOC(=O)c1cnn(-c2ccc(C(=O)OC(C)(C)C)cn2)c1. The Labute approximate surface area is 134 Å². The molecule has 0 amide bonds. The van der Waals surface area contributed by atoms with E-state index in [-0.39, 0.29) is 0 Å². The quantitative estimate of drug-likeness (QED) is 0.805. The maximum Gasteiger partial charge on any atom is 0.341 e. The van der Waals surface area contributed by atoms with Crippen LogP contribution >= 0.6 is 0 Å². The van der Waals surface area contributed by atoms with Gasteiger partial charge in [0.25, 0.3) is 0 Å². The monoisotopic (exact) mass is 317 g/mol. The molecule has 0 N–H and O–H groups in total. The van der Waals surface area contributed by atoms with Gasteiger partial charge < -0.3 is 9.47 Å². The maximum absolute atomic E-state index is 11.9. The van der Waals surface area contributed by atoms with Gasteiger partial charge >= 0.3 is 11.9 Å². The Morgan fingerprint density at radius 3 is 2.43 bits per heavy atom. The van der Waals surface area contributed by atoms with Gasteiger partial charge in [-0.15, -0.1) is 0 Å². The second-order valence-electron chi connectivity index (χ2n) is 5.80. The van der Waals surface area contributed by atoms with Gasteiger partial charge in [-0.25, -0.2) is 19.3 Å². The van der Waals surface area contributed by atoms with Crippen LogP contribution in [0, 0.1) is 0 Å². The highest BCUT2D eigenvalue weighted by molar-refractivity contribution is 5.89. The van der Waals surface area contributed by atoms with Gasteiger partial charge in [0.05, 0.1) is 23.9 Å². The van der Waals surface area contributed by atoms with E-state index in [9.17, 15) is 9.59 Å². The van der Waals surface area contributed by atoms with Crippen molar-refractivity contribution in [1.82, 2.24) is 14.8 Å². The zero-order valence-electron chi connectivity index (χ0n) is 13.6. The van der Waals surface area contributed by atoms with Crippen molar-refractivity contribution in [2.75, 3.05) is 6.61 Å². The van der Waals surface area contributed by atoms with E-state index in [0.29, 0.717) is 23.6 Å². The van der Waals surface area contributed by atoms with Gasteiger partial charge in [-0.1, -0.05) is 0 Å². The molecule has 0 aliphatic heterocycles. The molecule has 2 heterocycles. The number of esters is 2. The number of pyridine rings is 1. The van der Waals surface area contributed by atoms with Crippen LogP contribution in [0.15, 0.2) is 30.7 Å². The van der Waals surface area contributed by atoms with Gasteiger partial charge in [0, 0.05) is 12.4 Å². The zero-order valence-corrected chi connectivity index (χ0v) is 13.6. The summed E-state index contributed by atoms with van der Waals surface area (Å²) in [5, 5.41) is 4.06. The molecule has 0 saturated carbocycles. The highest BCUT2D eigenvalue weighted by Gasteiger charge is 2.18. The molecular weight excluding hydrogens is 298 g/mol. The van der Waals surface area contributed by atoms with Crippen molar-refractivity contribution >= 4 is 11.9 Å². The number of hydrogen-bond donors (Lipinski definition) is 0. The molecule has 122 valence electrons. The molecule has 0 aliphatic carbocycles. The van der Waals surface area contributed by atoms with Gasteiger partial charge in [0.15, 0.2) is 5.82 Å². The summed E-state index contributed by atoms with van der Waals surface area (Å²) in [6, 6.07) is 3.23. The molecule has 0 saturated heterocycles. The Bertz CT molecular complexity index is 699. The minimum absolute atomic E-state index is 0.298. The van der Waals surface area contributed by atoms with E-state index < -0.39 is 17.5 Å². The van der Waals surface area contributed by atoms with Crippen LogP contribution in [0.2, 0.25) is 0 Å². The van der Waals surface area contributed by atoms with Crippen molar-refractivity contribution in [3.05, 3.63) is 41.9 Å². The van der Waals surface area contributed by atoms with E-state index in [0.717, 1.165) is 0 Å². The molecule has 2 aromatic rings. The summed E-state index contributed by atoms with van der Waals surface area (Å²) >= 11 is 0. The largest absolute Gasteiger partial charge is 0.462 e. The van der Waals surface area contributed by atoms with Gasteiger partial charge in [-0.3, -0.25) is 0 Å². The minimum atomic E-state index is -0.563. The van der Waals surface area contributed by atoms with Crippen LogP contribution in [-0.4, -0.2) is 38.9 Å². The van der Waals surface area contributed by atoms with E-state index in [4.69, 9.17) is 9.47 Å². The summed E-state index contributed by atoms with van der Waals surface area (Å²) in [5.41, 5.74) is 0.123. The second-order valence-corrected chi connectivity index (χ2v) is 5.80. The molecule has 0 unspecified atom stereocenters. The fraction of sp³-hybridized carbons (Fsp3) is 0.375. The molecular formula is C16H19N3O4. The summed E-state index contributed by atoms with van der Waals surface area (Å²) in [6.45, 7) is 7.43. The third kappa shape index (κ3) is 4.38. The first-order chi connectivity index (χ1) is 10.8. The van der Waals surface area contributed by atoms with Gasteiger partial charge in [-0.05, 0) is 39.8 Å². The van der Waals surface area contributed by atoms with Gasteiger partial charge in [-0.2, -0.15) is 5.10 Å². The average Bonchev–Trinajstić information content (AvgIpc) is 2.96. The van der Waals surface area contributed by atoms with Crippen molar-refractivity contribution < 1.29 is 19.1 Å². The molecule has 0 fully saturated rings. The van der Waals surface area contributed by atoms with Crippen LogP contribution in [0.4, 0.5) is 0 Å². The van der Waals surface area contributed by atoms with Gasteiger partial charge in [0.1, 0.15) is 5.60 Å². The lowest BCUT2D eigenvalue weighted by molar-refractivity contribution is 0.00688. The molecule has 7 heteroatoms. The molecule has 0 aliphatic rings. The fourth-order valence-corrected chi connectivity index (χ4v) is 1.75. The molecule has 0 atom stereocenters. The molecule has 0 spiro atoms. The first-order valence-corrected chi connectivity index (χ1v) is 7.21. The van der Waals surface area contributed by atoms with E-state index in [1.165, 1.54) is 23.3 Å². The van der Waals surface area contributed by atoms with E-state index in [1.54, 1.807) is 39.8 Å². The van der Waals surface area contributed by atoms with E-state index in [2.05, 4.69) is 10.1 Å². The molecule has 7 nitrogen and oxygen atoms in total. The van der Waals surface area contributed by atoms with Crippen molar-refractivity contribution in [2.24, 2.45) is 0 Å². The van der Waals surface area contributed by atoms with Crippen molar-refractivity contribution in [3.8, 4) is 5.82 Å². The van der Waals surface area contributed by atoms with Crippen molar-refractivity contribution in [2.45, 2.75) is 33.3 Å². The van der Waals surface area contributed by atoms with Crippen molar-refractivity contribution in [1.29, 1.82) is 0 Å². The molecule has 23 heavy (non-hydrogen) atoms. The maximum atomic E-state index is 11.9. The van der Waals surface area contributed by atoms with Crippen LogP contribution in [0.1, 0.15) is 48.4 Å². The smallest absolute Gasteiger partial charge is 0.341 e. The Hall–Kier alpha value is -2.70. The Balaban J connectivity index is 2.14. The lowest BCUT2D eigenvalue weighted by atomic mass is 10.2. The van der Waals surface area contributed by atoms with Crippen LogP contribution in [0.3, 0.4) is 0 Å². The second kappa shape index (κ2) is 6.60. The Morgan fingerprint density at radius 2 is 1.87 bits per heavy atom. The summed E-state index contributed by atoms with van der Waals surface area (Å²) in [6.07, 6.45) is 4.34. The number of nitrogens with zero attached hydrogens (tertiary/aromatic N) is 3. The zero-order chi connectivity index (χ0) is 17.0. The first kappa shape index (κ1) is 16.7. The Morgan fingerprint density at radius 1 is 1.13 bits per heavy atom. The number of rotatable bonds is 4. The number of hydrogen-bond acceptors (Lipinski definition) is 6. The highest BCUT2D eigenvalue weighted by atomic mass is 16.6. The number of carbonyl (C=O) groups excluding carboxylic acids is 2. The highest BCUT2D eigenvalue weighted by Crippen LogP contribution is 2.13. The first-order valence-electron chi connectivity index (χ1n) is 7.21. The fourth-order valence-electron chi connectivity index (χ4n) is 1.75. The standard InChI is InChI=1S/C16H19N3O4/c1-5-22-14(20)12-9-18-19(10-12)13-7-6-11(8-17-13)15(21)23-16(2,3)4/h6-10H,5H2,1-4H3. The summed E-state index contributed by atoms with van der Waals surface area (Å²) in [7, 11) is 0. The van der Waals surface area contributed by atoms with Crippen molar-refractivity contribution in [3.63, 3.8) is 0 Å². The summed E-state index contributed by atoms with van der Waals surface area (Å²) < 4.78 is 11.6. The molecule has 0 bridgehead atoms. The van der Waals surface area contributed by atoms with Crippen LogP contribution < -0.4 is 0 Å². The van der Waals surface area contributed by atoms with E-state index in [1.807, 2.05) is 0 Å². The average molecular weight is 317 g/mol. The summed E-state index contributed by atoms with van der Waals surface area (Å²) in [4.78, 5) is 27.7. The molecule has 0 radical (unpaired) electrons. The number of ether oxygens (including phenoxy) is 2. The Kier molecular flexibility index (Phi) is 4.78. The third-order valence-electron chi connectivity index (χ3n) is 2.71. The summed E-state index contributed by atoms with van der Waals surface area (Å²) in [5.74, 6) is -0.402. The number of aromatic nitrogens is 3. The predicted octanol–water partition coefficient (Wildman–Crippen LogP) is 2.40. The van der Waals surface area contributed by atoms with Crippen LogP contribution in [0.5, 0.6) is 0 Å². The normalized spacial score (nSPS) is 11.1. The van der Waals surface area contributed by atoms with Gasteiger partial charge in [0.2, 0.25) is 0 Å². The lowest BCUT2D eigenvalue weighted by Gasteiger charge is -2.19. The molecule has 0 aromatic carbocycles. The third-order valence-corrected chi connectivity index (χ3v) is 2.71. The van der Waals surface area contributed by atoms with E-state index >= 15 is 0 Å². The molecule has 2 aromatic heterocycles. The lowest BCUT2D eigenvalue weighted by Crippen LogP contribution is -2.24. The van der Waals surface area contributed by atoms with Crippen LogP contribution in [-0.2, 0) is 9.47 Å². The minimum Gasteiger partial charge on any atom is -0.462 e. The topological polar surface area (TPSA) is 83.3 Å². The molecule has 2 rings (SSSR count). The predicted molar refractivity (Wildman–Crippen MR) is 82.5 cm³/mol. The number of carbonyl (C=O) groups is 2. The van der Waals surface area contributed by atoms with Crippen LogP contribution in [0.25, 0.3) is 5.82 Å².